The molecule has 3 rings (SSSR count). The molecule has 1 aromatic heterocycles. The van der Waals surface area contributed by atoms with Crippen molar-refractivity contribution in [3.05, 3.63) is 48.2 Å². The Morgan fingerprint density at radius 3 is 2.88 bits per heavy atom. The molecule has 0 saturated carbocycles. The van der Waals surface area contributed by atoms with Gasteiger partial charge >= 0.3 is 0 Å². The number of hydrogen-bond acceptors (Lipinski definition) is 6. The summed E-state index contributed by atoms with van der Waals surface area (Å²) in [4.78, 5) is 7.75. The molecule has 1 aromatic carbocycles. The van der Waals surface area contributed by atoms with Crippen LogP contribution in [0.3, 0.4) is 0 Å². The zero-order valence-corrected chi connectivity index (χ0v) is 14.0. The molecule has 0 spiro atoms. The van der Waals surface area contributed by atoms with Crippen LogP contribution >= 0.6 is 0 Å². The lowest BCUT2D eigenvalue weighted by Crippen LogP contribution is -2.44. The van der Waals surface area contributed by atoms with Crippen molar-refractivity contribution in [1.29, 1.82) is 5.26 Å². The molecule has 0 amide bonds. The first-order valence-corrected chi connectivity index (χ1v) is 9.08. The Bertz CT molecular complexity index is 914. The van der Waals surface area contributed by atoms with Gasteiger partial charge in [0.1, 0.15) is 18.0 Å². The number of nitriles is 1. The molecule has 1 aliphatic rings. The summed E-state index contributed by atoms with van der Waals surface area (Å²) in [5.41, 5.74) is 0.0487. The summed E-state index contributed by atoms with van der Waals surface area (Å²) in [5.74, 6) is -0.524. The van der Waals surface area contributed by atoms with Crippen LogP contribution in [0.15, 0.2) is 41.6 Å². The van der Waals surface area contributed by atoms with E-state index in [2.05, 4.69) is 9.97 Å². The SMILES string of the molecule is N#Cc1nccnc1OC1CCCN(S(=O)(=O)c2cccc(F)c2)C1. The minimum Gasteiger partial charge on any atom is -0.471 e. The fourth-order valence-electron chi connectivity index (χ4n) is 2.64. The van der Waals surface area contributed by atoms with Gasteiger partial charge in [-0.1, -0.05) is 6.07 Å². The Morgan fingerprint density at radius 1 is 1.32 bits per heavy atom. The van der Waals surface area contributed by atoms with Gasteiger partial charge in [0.05, 0.1) is 11.4 Å². The summed E-state index contributed by atoms with van der Waals surface area (Å²) in [5, 5.41) is 9.03. The van der Waals surface area contributed by atoms with Gasteiger partial charge in [-0.05, 0) is 31.0 Å². The van der Waals surface area contributed by atoms with Gasteiger partial charge in [-0.25, -0.2) is 22.8 Å². The number of rotatable bonds is 4. The van der Waals surface area contributed by atoms with E-state index in [0.29, 0.717) is 19.4 Å². The largest absolute Gasteiger partial charge is 0.471 e. The molecule has 25 heavy (non-hydrogen) atoms. The van der Waals surface area contributed by atoms with E-state index in [0.717, 1.165) is 6.07 Å². The highest BCUT2D eigenvalue weighted by Gasteiger charge is 2.32. The molecule has 0 radical (unpaired) electrons. The van der Waals surface area contributed by atoms with Crippen LogP contribution in [0, 0.1) is 17.1 Å². The highest BCUT2D eigenvalue weighted by molar-refractivity contribution is 7.89. The number of ether oxygens (including phenoxy) is 1. The fraction of sp³-hybridized carbons (Fsp3) is 0.312. The normalized spacial score (nSPS) is 18.5. The second kappa shape index (κ2) is 7.13. The molecule has 0 N–H and O–H groups in total. The van der Waals surface area contributed by atoms with Gasteiger partial charge in [0, 0.05) is 18.9 Å². The quantitative estimate of drug-likeness (QED) is 0.822. The van der Waals surface area contributed by atoms with Crippen molar-refractivity contribution in [2.45, 2.75) is 23.8 Å². The molecule has 1 atom stereocenters. The van der Waals surface area contributed by atoms with Crippen molar-refractivity contribution in [1.82, 2.24) is 14.3 Å². The van der Waals surface area contributed by atoms with Gasteiger partial charge in [-0.15, -0.1) is 0 Å². The lowest BCUT2D eigenvalue weighted by atomic mass is 10.1. The highest BCUT2D eigenvalue weighted by Crippen LogP contribution is 2.24. The van der Waals surface area contributed by atoms with E-state index in [1.165, 1.54) is 34.9 Å². The van der Waals surface area contributed by atoms with Crippen molar-refractivity contribution in [2.75, 3.05) is 13.1 Å². The third kappa shape index (κ3) is 3.75. The van der Waals surface area contributed by atoms with Crippen LogP contribution in [0.2, 0.25) is 0 Å². The molecule has 0 bridgehead atoms. The summed E-state index contributed by atoms with van der Waals surface area (Å²) < 4.78 is 45.7. The molecule has 0 aliphatic carbocycles. The van der Waals surface area contributed by atoms with Crippen LogP contribution in [-0.4, -0.2) is 41.9 Å². The predicted molar refractivity (Wildman–Crippen MR) is 85.6 cm³/mol. The fourth-order valence-corrected chi connectivity index (χ4v) is 4.18. The first kappa shape index (κ1) is 17.3. The molecule has 2 heterocycles. The molecule has 130 valence electrons. The Hall–Kier alpha value is -2.57. The number of nitrogens with zero attached hydrogens (tertiary/aromatic N) is 4. The van der Waals surface area contributed by atoms with Gasteiger partial charge in [0.2, 0.25) is 15.7 Å². The number of aromatic nitrogens is 2. The smallest absolute Gasteiger partial charge is 0.251 e. The van der Waals surface area contributed by atoms with Crippen molar-refractivity contribution in [3.8, 4) is 11.9 Å². The molecule has 1 saturated heterocycles. The Labute approximate surface area is 144 Å². The van der Waals surface area contributed by atoms with E-state index in [-0.39, 0.29) is 23.0 Å². The molecule has 1 fully saturated rings. The maximum atomic E-state index is 13.4. The Kier molecular flexibility index (Phi) is 4.92. The van der Waals surface area contributed by atoms with Gasteiger partial charge < -0.3 is 4.74 Å². The first-order chi connectivity index (χ1) is 12.0. The predicted octanol–water partition coefficient (Wildman–Crippen LogP) is 1.72. The number of halogens is 1. The van der Waals surface area contributed by atoms with Crippen LogP contribution in [0.1, 0.15) is 18.5 Å². The lowest BCUT2D eigenvalue weighted by Gasteiger charge is -2.31. The highest BCUT2D eigenvalue weighted by atomic mass is 32.2. The summed E-state index contributed by atoms with van der Waals surface area (Å²) in [6, 6.07) is 6.80. The minimum atomic E-state index is -3.81. The van der Waals surface area contributed by atoms with E-state index in [1.54, 1.807) is 0 Å². The zero-order chi connectivity index (χ0) is 17.9. The van der Waals surface area contributed by atoms with E-state index in [4.69, 9.17) is 10.00 Å². The standard InChI is InChI=1S/C16H15FN4O3S/c17-12-3-1-5-14(9-12)25(22,23)21-8-2-4-13(11-21)24-16-15(10-18)19-6-7-20-16/h1,3,5-7,9,13H,2,4,8,11H2. The van der Waals surface area contributed by atoms with Crippen LogP contribution < -0.4 is 4.74 Å². The van der Waals surface area contributed by atoms with E-state index in [1.807, 2.05) is 6.07 Å². The number of piperidine rings is 1. The molecular formula is C16H15FN4O3S. The maximum Gasteiger partial charge on any atom is 0.251 e. The molecule has 7 nitrogen and oxygen atoms in total. The second-order valence-corrected chi connectivity index (χ2v) is 7.46. The third-order valence-electron chi connectivity index (χ3n) is 3.82. The summed E-state index contributed by atoms with van der Waals surface area (Å²) in [6.45, 7) is 0.421. The molecular weight excluding hydrogens is 347 g/mol. The van der Waals surface area contributed by atoms with Crippen molar-refractivity contribution >= 4 is 10.0 Å². The molecule has 1 unspecified atom stereocenters. The average molecular weight is 362 g/mol. The van der Waals surface area contributed by atoms with Gasteiger partial charge in [0.15, 0.2) is 0 Å². The van der Waals surface area contributed by atoms with Crippen LogP contribution in [0.25, 0.3) is 0 Å². The molecule has 9 heteroatoms. The van der Waals surface area contributed by atoms with Crippen LogP contribution in [0.4, 0.5) is 4.39 Å². The van der Waals surface area contributed by atoms with Crippen molar-refractivity contribution < 1.29 is 17.5 Å². The Morgan fingerprint density at radius 2 is 2.12 bits per heavy atom. The summed E-state index contributed by atoms with van der Waals surface area (Å²) in [7, 11) is -3.81. The third-order valence-corrected chi connectivity index (χ3v) is 5.68. The van der Waals surface area contributed by atoms with Crippen LogP contribution in [-0.2, 0) is 10.0 Å². The maximum absolute atomic E-state index is 13.4. The van der Waals surface area contributed by atoms with Crippen LogP contribution in [0.5, 0.6) is 5.88 Å². The van der Waals surface area contributed by atoms with Gasteiger partial charge in [-0.2, -0.15) is 9.57 Å². The second-order valence-electron chi connectivity index (χ2n) is 5.52. The van der Waals surface area contributed by atoms with Crippen molar-refractivity contribution in [2.24, 2.45) is 0 Å². The zero-order valence-electron chi connectivity index (χ0n) is 13.2. The summed E-state index contributed by atoms with van der Waals surface area (Å²) >= 11 is 0. The monoisotopic (exact) mass is 362 g/mol. The van der Waals surface area contributed by atoms with Gasteiger partial charge in [-0.3, -0.25) is 0 Å². The van der Waals surface area contributed by atoms with E-state index in [9.17, 15) is 12.8 Å². The lowest BCUT2D eigenvalue weighted by molar-refractivity contribution is 0.124. The first-order valence-electron chi connectivity index (χ1n) is 7.64. The minimum absolute atomic E-state index is 0.0487. The number of sulfonamides is 1. The van der Waals surface area contributed by atoms with Crippen molar-refractivity contribution in [3.63, 3.8) is 0 Å². The average Bonchev–Trinajstić information content (AvgIpc) is 2.62. The number of benzene rings is 1. The van der Waals surface area contributed by atoms with Gasteiger partial charge in [0.25, 0.3) is 5.88 Å². The molecule has 1 aliphatic heterocycles. The van der Waals surface area contributed by atoms with E-state index >= 15 is 0 Å². The number of hydrogen-bond donors (Lipinski definition) is 0. The van der Waals surface area contributed by atoms with E-state index < -0.39 is 21.9 Å². The molecule has 2 aromatic rings. The summed E-state index contributed by atoms with van der Waals surface area (Å²) in [6.07, 6.45) is 3.53. The Balaban J connectivity index is 1.78. The topological polar surface area (TPSA) is 96.2 Å².